The van der Waals surface area contributed by atoms with E-state index in [-0.39, 0.29) is 29.6 Å². The maximum absolute atomic E-state index is 13.0. The van der Waals surface area contributed by atoms with E-state index in [2.05, 4.69) is 5.16 Å². The predicted molar refractivity (Wildman–Crippen MR) is 82.2 cm³/mol. The molecule has 0 bridgehead atoms. The van der Waals surface area contributed by atoms with Crippen LogP contribution in [0.1, 0.15) is 48.2 Å². The van der Waals surface area contributed by atoms with Gasteiger partial charge in [-0.1, -0.05) is 17.3 Å². The van der Waals surface area contributed by atoms with Crippen molar-refractivity contribution in [1.29, 1.82) is 0 Å². The van der Waals surface area contributed by atoms with E-state index in [0.717, 1.165) is 42.8 Å². The maximum Gasteiger partial charge on any atom is 0.226 e. The Morgan fingerprint density at radius 1 is 1.35 bits per heavy atom. The van der Waals surface area contributed by atoms with Gasteiger partial charge in [-0.15, -0.1) is 0 Å². The van der Waals surface area contributed by atoms with Gasteiger partial charge >= 0.3 is 0 Å². The molecule has 2 heterocycles. The monoisotopic (exact) mass is 314 g/mol. The molecule has 1 aromatic carbocycles. The molecule has 1 aliphatic carbocycles. The summed E-state index contributed by atoms with van der Waals surface area (Å²) < 4.78 is 18.2. The second-order valence-corrected chi connectivity index (χ2v) is 6.55. The van der Waals surface area contributed by atoms with Crippen molar-refractivity contribution in [3.05, 3.63) is 53.2 Å². The van der Waals surface area contributed by atoms with E-state index < -0.39 is 0 Å². The van der Waals surface area contributed by atoms with Crippen molar-refractivity contribution in [2.75, 3.05) is 6.54 Å². The van der Waals surface area contributed by atoms with Gasteiger partial charge in [-0.25, -0.2) is 4.39 Å². The lowest BCUT2D eigenvalue weighted by molar-refractivity contribution is -0.133. The molecule has 2 aromatic rings. The van der Waals surface area contributed by atoms with Crippen LogP contribution in [0.25, 0.3) is 0 Å². The highest BCUT2D eigenvalue weighted by atomic mass is 19.1. The summed E-state index contributed by atoms with van der Waals surface area (Å²) in [5.74, 6) is 0.980. The molecule has 1 saturated carbocycles. The first-order valence-electron chi connectivity index (χ1n) is 8.12. The Kier molecular flexibility index (Phi) is 3.43. The van der Waals surface area contributed by atoms with Crippen molar-refractivity contribution in [2.24, 2.45) is 5.92 Å². The minimum absolute atomic E-state index is 0.0223. The molecule has 0 spiro atoms. The number of rotatable bonds is 3. The molecule has 2 fully saturated rings. The van der Waals surface area contributed by atoms with Crippen LogP contribution in [-0.4, -0.2) is 22.5 Å². The summed E-state index contributed by atoms with van der Waals surface area (Å²) in [6.07, 6.45) is 2.79. The van der Waals surface area contributed by atoms with E-state index in [4.69, 9.17) is 4.52 Å². The Morgan fingerprint density at radius 3 is 2.83 bits per heavy atom. The highest BCUT2D eigenvalue weighted by Crippen LogP contribution is 2.50. The largest absolute Gasteiger partial charge is 0.361 e. The molecular weight excluding hydrogens is 295 g/mol. The molecule has 4 rings (SSSR count). The Morgan fingerprint density at radius 2 is 2.13 bits per heavy atom. The first-order valence-corrected chi connectivity index (χ1v) is 8.12. The molecule has 1 aromatic heterocycles. The van der Waals surface area contributed by atoms with E-state index in [9.17, 15) is 9.18 Å². The minimum atomic E-state index is -0.238. The van der Waals surface area contributed by atoms with Gasteiger partial charge in [0.2, 0.25) is 5.91 Å². The number of carbonyl (C=O) groups is 1. The van der Waals surface area contributed by atoms with Gasteiger partial charge in [0.15, 0.2) is 0 Å². The summed E-state index contributed by atoms with van der Waals surface area (Å²) in [6.45, 7) is 2.64. The second-order valence-electron chi connectivity index (χ2n) is 6.55. The fourth-order valence-corrected chi connectivity index (χ4v) is 3.64. The first-order chi connectivity index (χ1) is 11.1. The molecule has 0 unspecified atom stereocenters. The maximum atomic E-state index is 13.0. The number of halogens is 1. The molecule has 4 nitrogen and oxygen atoms in total. The molecule has 1 saturated heterocycles. The van der Waals surface area contributed by atoms with E-state index in [1.54, 1.807) is 12.1 Å². The van der Waals surface area contributed by atoms with Gasteiger partial charge in [-0.3, -0.25) is 4.79 Å². The van der Waals surface area contributed by atoms with Gasteiger partial charge in [0, 0.05) is 18.5 Å². The van der Waals surface area contributed by atoms with Crippen LogP contribution in [0.3, 0.4) is 0 Å². The van der Waals surface area contributed by atoms with Crippen molar-refractivity contribution >= 4 is 5.91 Å². The van der Waals surface area contributed by atoms with Gasteiger partial charge in [-0.05, 0) is 49.8 Å². The summed E-state index contributed by atoms with van der Waals surface area (Å²) >= 11 is 0. The van der Waals surface area contributed by atoms with Crippen LogP contribution in [-0.2, 0) is 4.79 Å². The quantitative estimate of drug-likeness (QED) is 0.870. The third-order valence-corrected chi connectivity index (χ3v) is 4.93. The zero-order chi connectivity index (χ0) is 16.0. The highest BCUT2D eigenvalue weighted by Gasteiger charge is 2.48. The number of amides is 1. The number of benzene rings is 1. The summed E-state index contributed by atoms with van der Waals surface area (Å²) in [6, 6.07) is 8.46. The Labute approximate surface area is 134 Å². The first kappa shape index (κ1) is 14.4. The second kappa shape index (κ2) is 5.48. The minimum Gasteiger partial charge on any atom is -0.361 e. The van der Waals surface area contributed by atoms with Crippen molar-refractivity contribution in [3.8, 4) is 0 Å². The van der Waals surface area contributed by atoms with E-state index in [0.29, 0.717) is 0 Å². The topological polar surface area (TPSA) is 46.3 Å². The summed E-state index contributed by atoms with van der Waals surface area (Å²) in [5, 5.41) is 4.09. The van der Waals surface area contributed by atoms with Crippen molar-refractivity contribution in [3.63, 3.8) is 0 Å². The van der Waals surface area contributed by atoms with Gasteiger partial charge in [0.25, 0.3) is 0 Å². The SMILES string of the molecule is Cc1cc([C@@H]2CCCN2C(=O)[C@@H]2C[C@@H]2c2ccc(F)cc2)no1. The number of aromatic nitrogens is 1. The standard InChI is InChI=1S/C18H19FN2O2/c1-11-9-16(20-23-11)17-3-2-8-21(17)18(22)15-10-14(15)12-4-6-13(19)7-5-12/h4-7,9,14-15,17H,2-3,8,10H2,1H3/t14-,15-,17+/m1/s1. The Bertz CT molecular complexity index is 725. The van der Waals surface area contributed by atoms with Crippen LogP contribution in [0.4, 0.5) is 4.39 Å². The summed E-state index contributed by atoms with van der Waals surface area (Å²) in [4.78, 5) is 14.8. The molecule has 0 N–H and O–H groups in total. The van der Waals surface area contributed by atoms with Gasteiger partial charge < -0.3 is 9.42 Å². The smallest absolute Gasteiger partial charge is 0.226 e. The van der Waals surface area contributed by atoms with Crippen LogP contribution < -0.4 is 0 Å². The molecule has 2 aliphatic rings. The van der Waals surface area contributed by atoms with Crippen LogP contribution in [0.5, 0.6) is 0 Å². The Hall–Kier alpha value is -2.17. The lowest BCUT2D eigenvalue weighted by Gasteiger charge is -2.23. The fraction of sp³-hybridized carbons (Fsp3) is 0.444. The molecule has 0 radical (unpaired) electrons. The lowest BCUT2D eigenvalue weighted by Crippen LogP contribution is -2.32. The fourth-order valence-electron chi connectivity index (χ4n) is 3.64. The van der Waals surface area contributed by atoms with E-state index in [1.807, 2.05) is 17.9 Å². The van der Waals surface area contributed by atoms with Crippen LogP contribution in [0.15, 0.2) is 34.9 Å². The third kappa shape index (κ3) is 2.64. The van der Waals surface area contributed by atoms with E-state index in [1.165, 1.54) is 12.1 Å². The van der Waals surface area contributed by atoms with Crippen LogP contribution in [0.2, 0.25) is 0 Å². The molecular formula is C18H19FN2O2. The average Bonchev–Trinajstić information content (AvgIpc) is 2.98. The molecule has 5 heteroatoms. The summed E-state index contributed by atoms with van der Waals surface area (Å²) in [7, 11) is 0. The van der Waals surface area contributed by atoms with Gasteiger partial charge in [-0.2, -0.15) is 0 Å². The molecule has 1 amide bonds. The van der Waals surface area contributed by atoms with Crippen molar-refractivity contribution < 1.29 is 13.7 Å². The summed E-state index contributed by atoms with van der Waals surface area (Å²) in [5.41, 5.74) is 1.91. The van der Waals surface area contributed by atoms with E-state index >= 15 is 0 Å². The van der Waals surface area contributed by atoms with Gasteiger partial charge in [0.1, 0.15) is 17.3 Å². The number of likely N-dealkylation sites (tertiary alicyclic amines) is 1. The highest BCUT2D eigenvalue weighted by molar-refractivity contribution is 5.83. The average molecular weight is 314 g/mol. The zero-order valence-corrected chi connectivity index (χ0v) is 13.0. The van der Waals surface area contributed by atoms with Gasteiger partial charge in [0.05, 0.1) is 6.04 Å². The number of carbonyl (C=O) groups excluding carboxylic acids is 1. The number of hydrogen-bond acceptors (Lipinski definition) is 3. The Balaban J connectivity index is 1.48. The van der Waals surface area contributed by atoms with Crippen molar-refractivity contribution in [2.45, 2.75) is 38.1 Å². The zero-order valence-electron chi connectivity index (χ0n) is 13.0. The van der Waals surface area contributed by atoms with Crippen LogP contribution in [0, 0.1) is 18.7 Å². The normalized spacial score (nSPS) is 26.5. The third-order valence-electron chi connectivity index (χ3n) is 4.93. The van der Waals surface area contributed by atoms with Crippen molar-refractivity contribution in [1.82, 2.24) is 10.1 Å². The number of aryl methyl sites for hydroxylation is 1. The number of hydrogen-bond donors (Lipinski definition) is 0. The predicted octanol–water partition coefficient (Wildman–Crippen LogP) is 3.59. The van der Waals surface area contributed by atoms with Crippen LogP contribution >= 0.6 is 0 Å². The molecule has 3 atom stereocenters. The lowest BCUT2D eigenvalue weighted by atomic mass is 10.1. The molecule has 1 aliphatic heterocycles. The number of nitrogens with zero attached hydrogens (tertiary/aromatic N) is 2. The molecule has 23 heavy (non-hydrogen) atoms. The molecule has 120 valence electrons.